The smallest absolute Gasteiger partial charge is 0.0988 e. The van der Waals surface area contributed by atoms with Gasteiger partial charge in [0.25, 0.3) is 0 Å². The fourth-order valence-electron chi connectivity index (χ4n) is 1.25. The first-order valence-corrected chi connectivity index (χ1v) is 4.02. The summed E-state index contributed by atoms with van der Waals surface area (Å²) >= 11 is 0. The van der Waals surface area contributed by atoms with Crippen molar-refractivity contribution in [3.8, 4) is 6.07 Å². The molecule has 11 heavy (non-hydrogen) atoms. The molecule has 1 rings (SSSR count). The molecule has 0 amide bonds. The molecule has 0 aliphatic heterocycles. The summed E-state index contributed by atoms with van der Waals surface area (Å²) in [4.78, 5) is 0. The molecule has 0 bridgehead atoms. The summed E-state index contributed by atoms with van der Waals surface area (Å²) in [6.45, 7) is 4.38. The molecule has 0 saturated heterocycles. The lowest BCUT2D eigenvalue weighted by Crippen LogP contribution is -2.07. The third-order valence-electron chi connectivity index (χ3n) is 2.08. The van der Waals surface area contributed by atoms with E-state index >= 15 is 0 Å². The first-order chi connectivity index (χ1) is 5.24. The largest absolute Gasteiger partial charge is 0.192 e. The Hall–Kier alpha value is -1.03. The highest BCUT2D eigenvalue weighted by molar-refractivity contribution is 5.35. The molecule has 0 N–H and O–H groups in total. The van der Waals surface area contributed by atoms with Crippen LogP contribution in [0, 0.1) is 23.2 Å². The number of allylic oxidation sites excluding steroid dienone is 4. The molecule has 1 aliphatic rings. The molecule has 0 aromatic heterocycles. The van der Waals surface area contributed by atoms with E-state index in [2.05, 4.69) is 32.1 Å². The van der Waals surface area contributed by atoms with Crippen molar-refractivity contribution in [2.45, 2.75) is 20.3 Å². The van der Waals surface area contributed by atoms with E-state index in [-0.39, 0.29) is 0 Å². The number of nitriles is 1. The SMILES string of the molecule is CC(C)C1C=C(C#N)C=CC1. The summed E-state index contributed by atoms with van der Waals surface area (Å²) in [6, 6.07) is 2.16. The van der Waals surface area contributed by atoms with Crippen molar-refractivity contribution in [3.63, 3.8) is 0 Å². The Bertz CT molecular complexity index is 228. The van der Waals surface area contributed by atoms with Crippen LogP contribution in [0.1, 0.15) is 20.3 Å². The Morgan fingerprint density at radius 2 is 2.36 bits per heavy atom. The highest BCUT2D eigenvalue weighted by Crippen LogP contribution is 2.23. The molecule has 1 nitrogen and oxygen atoms in total. The maximum atomic E-state index is 8.62. The summed E-state index contributed by atoms with van der Waals surface area (Å²) in [7, 11) is 0. The van der Waals surface area contributed by atoms with Crippen molar-refractivity contribution in [3.05, 3.63) is 23.8 Å². The summed E-state index contributed by atoms with van der Waals surface area (Å²) in [6.07, 6.45) is 7.15. The first kappa shape index (κ1) is 8.07. The zero-order valence-corrected chi connectivity index (χ0v) is 7.04. The van der Waals surface area contributed by atoms with E-state index in [1.54, 1.807) is 0 Å². The quantitative estimate of drug-likeness (QED) is 0.559. The van der Waals surface area contributed by atoms with Gasteiger partial charge in [0.15, 0.2) is 0 Å². The summed E-state index contributed by atoms with van der Waals surface area (Å²) < 4.78 is 0. The average Bonchev–Trinajstić information content (AvgIpc) is 2.05. The highest BCUT2D eigenvalue weighted by Gasteiger charge is 2.12. The maximum Gasteiger partial charge on any atom is 0.0988 e. The van der Waals surface area contributed by atoms with Crippen molar-refractivity contribution >= 4 is 0 Å². The molecule has 1 aliphatic carbocycles. The van der Waals surface area contributed by atoms with Crippen LogP contribution < -0.4 is 0 Å². The molecule has 58 valence electrons. The Balaban J connectivity index is 2.71. The normalized spacial score (nSPS) is 23.1. The minimum atomic E-state index is 0.564. The summed E-state index contributed by atoms with van der Waals surface area (Å²) in [5, 5.41) is 8.62. The van der Waals surface area contributed by atoms with E-state index < -0.39 is 0 Å². The fourth-order valence-corrected chi connectivity index (χ4v) is 1.25. The number of hydrogen-bond acceptors (Lipinski definition) is 1. The molecular weight excluding hydrogens is 134 g/mol. The van der Waals surface area contributed by atoms with Gasteiger partial charge in [0.2, 0.25) is 0 Å². The Morgan fingerprint density at radius 3 is 2.91 bits per heavy atom. The minimum Gasteiger partial charge on any atom is -0.192 e. The molecule has 0 aromatic carbocycles. The van der Waals surface area contributed by atoms with Crippen molar-refractivity contribution in [1.29, 1.82) is 5.26 Å². The zero-order chi connectivity index (χ0) is 8.27. The van der Waals surface area contributed by atoms with E-state index in [1.165, 1.54) is 0 Å². The van der Waals surface area contributed by atoms with Gasteiger partial charge in [-0.25, -0.2) is 0 Å². The predicted octanol–water partition coefficient (Wildman–Crippen LogP) is 2.67. The molecule has 1 atom stereocenters. The fraction of sp³-hybridized carbons (Fsp3) is 0.500. The van der Waals surface area contributed by atoms with Crippen LogP contribution in [0.15, 0.2) is 23.8 Å². The van der Waals surface area contributed by atoms with Crippen molar-refractivity contribution in [2.24, 2.45) is 11.8 Å². The van der Waals surface area contributed by atoms with E-state index in [1.807, 2.05) is 6.08 Å². The molecule has 0 fully saturated rings. The van der Waals surface area contributed by atoms with Gasteiger partial charge in [-0.1, -0.05) is 26.0 Å². The monoisotopic (exact) mass is 147 g/mol. The van der Waals surface area contributed by atoms with E-state index in [9.17, 15) is 0 Å². The lowest BCUT2D eigenvalue weighted by molar-refractivity contribution is 0.466. The van der Waals surface area contributed by atoms with Gasteiger partial charge in [-0.05, 0) is 24.3 Å². The topological polar surface area (TPSA) is 23.8 Å². The van der Waals surface area contributed by atoms with Gasteiger partial charge >= 0.3 is 0 Å². The third-order valence-corrected chi connectivity index (χ3v) is 2.08. The highest BCUT2D eigenvalue weighted by atomic mass is 14.3. The zero-order valence-electron chi connectivity index (χ0n) is 7.04. The van der Waals surface area contributed by atoms with Gasteiger partial charge in [-0.2, -0.15) is 5.26 Å². The molecule has 1 unspecified atom stereocenters. The minimum absolute atomic E-state index is 0.564. The van der Waals surface area contributed by atoms with E-state index in [0.717, 1.165) is 12.0 Å². The first-order valence-electron chi connectivity index (χ1n) is 4.02. The molecule has 0 radical (unpaired) electrons. The average molecular weight is 147 g/mol. The second-order valence-corrected chi connectivity index (χ2v) is 3.28. The van der Waals surface area contributed by atoms with Gasteiger partial charge in [-0.15, -0.1) is 0 Å². The molecule has 0 aromatic rings. The Kier molecular flexibility index (Phi) is 2.48. The second kappa shape index (κ2) is 3.39. The standard InChI is InChI=1S/C10H13N/c1-8(2)10-5-3-4-9(6-10)7-11/h3-4,6,8,10H,5H2,1-2H3. The van der Waals surface area contributed by atoms with Crippen LogP contribution in [0.5, 0.6) is 0 Å². The van der Waals surface area contributed by atoms with Gasteiger partial charge < -0.3 is 0 Å². The van der Waals surface area contributed by atoms with Gasteiger partial charge in [-0.3, -0.25) is 0 Å². The molecule has 0 spiro atoms. The van der Waals surface area contributed by atoms with E-state index in [0.29, 0.717) is 11.8 Å². The van der Waals surface area contributed by atoms with Gasteiger partial charge in [0, 0.05) is 5.57 Å². The van der Waals surface area contributed by atoms with Crippen molar-refractivity contribution in [2.75, 3.05) is 0 Å². The third kappa shape index (κ3) is 1.94. The van der Waals surface area contributed by atoms with E-state index in [4.69, 9.17) is 5.26 Å². The molecular formula is C10H13N. The van der Waals surface area contributed by atoms with Crippen LogP contribution in [0.25, 0.3) is 0 Å². The van der Waals surface area contributed by atoms with Crippen LogP contribution in [-0.2, 0) is 0 Å². The van der Waals surface area contributed by atoms with Gasteiger partial charge in [0.1, 0.15) is 0 Å². The Labute approximate surface area is 68.0 Å². The molecule has 0 saturated carbocycles. The van der Waals surface area contributed by atoms with Crippen LogP contribution in [0.3, 0.4) is 0 Å². The van der Waals surface area contributed by atoms with Gasteiger partial charge in [0.05, 0.1) is 6.07 Å². The van der Waals surface area contributed by atoms with Crippen molar-refractivity contribution in [1.82, 2.24) is 0 Å². The van der Waals surface area contributed by atoms with Crippen LogP contribution in [0.2, 0.25) is 0 Å². The van der Waals surface area contributed by atoms with Crippen LogP contribution in [0.4, 0.5) is 0 Å². The predicted molar refractivity (Wildman–Crippen MR) is 45.8 cm³/mol. The second-order valence-electron chi connectivity index (χ2n) is 3.28. The number of rotatable bonds is 1. The molecule has 1 heteroatoms. The Morgan fingerprint density at radius 1 is 1.64 bits per heavy atom. The number of nitrogens with zero attached hydrogens (tertiary/aromatic N) is 1. The summed E-state index contributed by atoms with van der Waals surface area (Å²) in [5.74, 6) is 1.21. The van der Waals surface area contributed by atoms with Crippen molar-refractivity contribution < 1.29 is 0 Å². The number of hydrogen-bond donors (Lipinski definition) is 0. The summed E-state index contributed by atoms with van der Waals surface area (Å²) in [5.41, 5.74) is 0.815. The molecule has 0 heterocycles. The van der Waals surface area contributed by atoms with Crippen LogP contribution >= 0.6 is 0 Å². The maximum absolute atomic E-state index is 8.62. The van der Waals surface area contributed by atoms with Crippen LogP contribution in [-0.4, -0.2) is 0 Å². The lowest BCUT2D eigenvalue weighted by Gasteiger charge is -2.17. The lowest BCUT2D eigenvalue weighted by atomic mass is 9.87.